The summed E-state index contributed by atoms with van der Waals surface area (Å²) in [5, 5.41) is 24.1. The fourth-order valence-corrected chi connectivity index (χ4v) is 7.34. The largest absolute Gasteiger partial charge is 0.311 e. The van der Waals surface area contributed by atoms with Crippen LogP contribution in [0.15, 0.2) is 152 Å². The molecule has 2 aromatic heterocycles. The Morgan fingerprint density at radius 3 is 1.86 bits per heavy atom. The van der Waals surface area contributed by atoms with E-state index in [1.54, 1.807) is 0 Å². The molecule has 5 heteroatoms. The number of rotatable bonds is 4. The minimum atomic E-state index is 0.575. The Morgan fingerprint density at radius 1 is 0.460 bits per heavy atom. The van der Waals surface area contributed by atoms with Crippen molar-refractivity contribution in [2.45, 2.75) is 0 Å². The summed E-state index contributed by atoms with van der Waals surface area (Å²) in [4.78, 5) is 3.69. The molecule has 0 unspecified atom stereocenters. The topological polar surface area (TPSA) is 61.8 Å². The van der Waals surface area contributed by atoms with Crippen LogP contribution in [0.25, 0.3) is 82.1 Å². The third-order valence-electron chi connectivity index (χ3n) is 9.57. The fraction of sp³-hybridized carbons (Fsp3) is 0. The molecule has 0 atom stereocenters. The normalized spacial score (nSPS) is 11.1. The molecule has 0 N–H and O–H groups in total. The van der Waals surface area contributed by atoms with Gasteiger partial charge in [0.05, 0.1) is 52.1 Å². The Hall–Kier alpha value is -7.39. The van der Waals surface area contributed by atoms with Gasteiger partial charge in [0.1, 0.15) is 0 Å². The van der Waals surface area contributed by atoms with Crippen LogP contribution in [0.5, 0.6) is 0 Å². The second-order valence-corrected chi connectivity index (χ2v) is 12.3. The van der Waals surface area contributed by atoms with Gasteiger partial charge < -0.3 is 9.13 Å². The molecule has 0 aliphatic carbocycles. The van der Waals surface area contributed by atoms with Crippen molar-refractivity contribution >= 4 is 49.3 Å². The van der Waals surface area contributed by atoms with Crippen LogP contribution in [-0.2, 0) is 0 Å². The summed E-state index contributed by atoms with van der Waals surface area (Å²) in [6.07, 6.45) is 0. The zero-order valence-corrected chi connectivity index (χ0v) is 26.7. The molecule has 0 fully saturated rings. The lowest BCUT2D eigenvalue weighted by Crippen LogP contribution is -1.97. The number of hydrogen-bond acceptors (Lipinski definition) is 2. The number of benzene rings is 7. The van der Waals surface area contributed by atoms with Gasteiger partial charge in [0.2, 0.25) is 0 Å². The van der Waals surface area contributed by atoms with Gasteiger partial charge in [0.25, 0.3) is 0 Å². The van der Waals surface area contributed by atoms with Crippen molar-refractivity contribution in [2.75, 3.05) is 0 Å². The van der Waals surface area contributed by atoms with Gasteiger partial charge in [0.15, 0.2) is 5.69 Å². The molecule has 50 heavy (non-hydrogen) atoms. The molecule has 9 aromatic rings. The van der Waals surface area contributed by atoms with Crippen LogP contribution in [0, 0.1) is 29.2 Å². The van der Waals surface area contributed by atoms with Gasteiger partial charge in [-0.2, -0.15) is 10.5 Å². The standard InChI is InChI=1S/C45H25N5/c1-48-34-17-20-39-37-9-3-6-12-42(37)49(45(39)26-34)35-18-15-31(16-19-35)32-22-30(28-47)23-33(25-32)36-8-2-5-11-41(36)50-43-13-7-4-10-38(43)40-24-29(27-46)14-21-44(40)50/h2-26H. The number of para-hydroxylation sites is 3. The minimum Gasteiger partial charge on any atom is -0.311 e. The maximum absolute atomic E-state index is 10.2. The fourth-order valence-electron chi connectivity index (χ4n) is 7.34. The van der Waals surface area contributed by atoms with Gasteiger partial charge in [-0.15, -0.1) is 0 Å². The second kappa shape index (κ2) is 11.4. The summed E-state index contributed by atoms with van der Waals surface area (Å²) in [5.41, 5.74) is 11.8. The molecule has 0 saturated carbocycles. The summed E-state index contributed by atoms with van der Waals surface area (Å²) in [6.45, 7) is 7.59. The zero-order valence-electron chi connectivity index (χ0n) is 26.7. The summed E-state index contributed by atoms with van der Waals surface area (Å²) in [7, 11) is 0. The molecule has 0 aliphatic heterocycles. The van der Waals surface area contributed by atoms with Crippen molar-refractivity contribution < 1.29 is 0 Å². The van der Waals surface area contributed by atoms with E-state index in [-0.39, 0.29) is 0 Å². The van der Waals surface area contributed by atoms with E-state index in [0.717, 1.165) is 77.2 Å². The van der Waals surface area contributed by atoms with Crippen molar-refractivity contribution in [1.82, 2.24) is 9.13 Å². The number of aromatic nitrogens is 2. The van der Waals surface area contributed by atoms with Crippen molar-refractivity contribution in [3.63, 3.8) is 0 Å². The van der Waals surface area contributed by atoms with Crippen LogP contribution in [0.4, 0.5) is 5.69 Å². The van der Waals surface area contributed by atoms with E-state index < -0.39 is 0 Å². The molecule has 0 saturated heterocycles. The Labute approximate surface area is 288 Å². The molecule has 2 heterocycles. The van der Waals surface area contributed by atoms with E-state index in [0.29, 0.717) is 16.8 Å². The number of fused-ring (bicyclic) bond motifs is 6. The van der Waals surface area contributed by atoms with Crippen LogP contribution in [0.1, 0.15) is 11.1 Å². The summed E-state index contributed by atoms with van der Waals surface area (Å²) >= 11 is 0. The highest BCUT2D eigenvalue weighted by atomic mass is 15.0. The lowest BCUT2D eigenvalue weighted by Gasteiger charge is -2.15. The van der Waals surface area contributed by atoms with E-state index in [9.17, 15) is 10.5 Å². The maximum atomic E-state index is 10.2. The van der Waals surface area contributed by atoms with Gasteiger partial charge in [0, 0.05) is 38.3 Å². The first-order valence-electron chi connectivity index (χ1n) is 16.2. The Bertz CT molecular complexity index is 2960. The van der Waals surface area contributed by atoms with Crippen LogP contribution < -0.4 is 0 Å². The van der Waals surface area contributed by atoms with E-state index in [1.807, 2.05) is 84.9 Å². The molecule has 0 radical (unpaired) electrons. The van der Waals surface area contributed by atoms with Gasteiger partial charge in [-0.25, -0.2) is 4.85 Å². The predicted octanol–water partition coefficient (Wildman–Crippen LogP) is 11.5. The van der Waals surface area contributed by atoms with Crippen LogP contribution in [0.3, 0.4) is 0 Å². The van der Waals surface area contributed by atoms with Gasteiger partial charge in [-0.05, 0) is 89.5 Å². The Morgan fingerprint density at radius 2 is 1.10 bits per heavy atom. The highest BCUT2D eigenvalue weighted by molar-refractivity contribution is 6.11. The van der Waals surface area contributed by atoms with Gasteiger partial charge in [-0.1, -0.05) is 78.9 Å². The predicted molar refractivity (Wildman–Crippen MR) is 202 cm³/mol. The average molecular weight is 636 g/mol. The lowest BCUT2D eigenvalue weighted by molar-refractivity contribution is 1.18. The highest BCUT2D eigenvalue weighted by Crippen LogP contribution is 2.39. The molecular formula is C45H25N5. The first-order chi connectivity index (χ1) is 24.6. The van der Waals surface area contributed by atoms with E-state index in [4.69, 9.17) is 6.57 Å². The van der Waals surface area contributed by atoms with Crippen molar-refractivity contribution in [2.24, 2.45) is 0 Å². The highest BCUT2D eigenvalue weighted by Gasteiger charge is 2.17. The third kappa shape index (κ3) is 4.45. The number of hydrogen-bond donors (Lipinski definition) is 0. The average Bonchev–Trinajstić information content (AvgIpc) is 3.69. The van der Waals surface area contributed by atoms with E-state index >= 15 is 0 Å². The quantitative estimate of drug-likeness (QED) is 0.181. The van der Waals surface area contributed by atoms with Crippen molar-refractivity contribution in [1.29, 1.82) is 10.5 Å². The third-order valence-corrected chi connectivity index (χ3v) is 9.57. The van der Waals surface area contributed by atoms with Crippen LogP contribution in [0.2, 0.25) is 0 Å². The summed E-state index contributed by atoms with van der Waals surface area (Å²) in [6, 6.07) is 55.7. The first-order valence-corrected chi connectivity index (χ1v) is 16.2. The Balaban J connectivity index is 1.19. The molecule has 0 bridgehead atoms. The van der Waals surface area contributed by atoms with E-state index in [2.05, 4.69) is 92.8 Å². The maximum Gasteiger partial charge on any atom is 0.189 e. The monoisotopic (exact) mass is 635 g/mol. The van der Waals surface area contributed by atoms with Gasteiger partial charge >= 0.3 is 0 Å². The molecule has 9 rings (SSSR count). The molecule has 0 amide bonds. The van der Waals surface area contributed by atoms with Crippen molar-refractivity contribution in [3.8, 4) is 45.8 Å². The lowest BCUT2D eigenvalue weighted by atomic mass is 9.95. The second-order valence-electron chi connectivity index (χ2n) is 12.3. The SMILES string of the molecule is [C-]#[N+]c1ccc2c3ccccc3n(-c3ccc(-c4cc(C#N)cc(-c5ccccc5-n5c6ccccc6c6cc(C#N)ccc65)c4)cc3)c2c1. The van der Waals surface area contributed by atoms with Crippen LogP contribution in [-0.4, -0.2) is 9.13 Å². The summed E-state index contributed by atoms with van der Waals surface area (Å²) in [5.74, 6) is 0. The molecule has 230 valence electrons. The number of nitrogens with zero attached hydrogens (tertiary/aromatic N) is 5. The van der Waals surface area contributed by atoms with E-state index in [1.165, 1.54) is 0 Å². The summed E-state index contributed by atoms with van der Waals surface area (Å²) < 4.78 is 4.46. The first kappa shape index (κ1) is 28.8. The molecule has 5 nitrogen and oxygen atoms in total. The van der Waals surface area contributed by atoms with Crippen LogP contribution >= 0.6 is 0 Å². The molecule has 0 aliphatic rings. The smallest absolute Gasteiger partial charge is 0.189 e. The Kier molecular flexibility index (Phi) is 6.56. The van der Waals surface area contributed by atoms with Gasteiger partial charge in [-0.3, -0.25) is 0 Å². The minimum absolute atomic E-state index is 0.575. The molecule has 7 aromatic carbocycles. The zero-order chi connectivity index (χ0) is 33.8. The number of nitriles is 2. The molecular weight excluding hydrogens is 611 g/mol. The van der Waals surface area contributed by atoms with Crippen molar-refractivity contribution in [3.05, 3.63) is 174 Å². The molecule has 0 spiro atoms.